The first-order valence-electron chi connectivity index (χ1n) is 4.80. The average Bonchev–Trinajstić information content (AvgIpc) is 2.67. The van der Waals surface area contributed by atoms with E-state index in [1.54, 1.807) is 17.3 Å². The third kappa shape index (κ3) is 2.13. The molecule has 4 heteroatoms. The van der Waals surface area contributed by atoms with Crippen LogP contribution in [0.3, 0.4) is 0 Å². The average molecular weight is 195 g/mol. The molecule has 0 radical (unpaired) electrons. The van der Waals surface area contributed by atoms with Crippen LogP contribution in [0.5, 0.6) is 0 Å². The molecule has 0 spiro atoms. The second-order valence-corrected chi connectivity index (χ2v) is 3.89. The van der Waals surface area contributed by atoms with Crippen LogP contribution in [0.25, 0.3) is 0 Å². The first-order chi connectivity index (χ1) is 6.54. The summed E-state index contributed by atoms with van der Waals surface area (Å²) in [6.07, 6.45) is 3.16. The Labute approximate surface area is 84.3 Å². The minimum absolute atomic E-state index is 0.0138. The molecule has 1 unspecified atom stereocenters. The number of nitrogens with zero attached hydrogens (tertiary/aromatic N) is 2. The molecule has 0 aliphatic rings. The van der Waals surface area contributed by atoms with Crippen LogP contribution < -0.4 is 0 Å². The van der Waals surface area contributed by atoms with Gasteiger partial charge in [0, 0.05) is 19.3 Å². The molecule has 1 rings (SSSR count). The summed E-state index contributed by atoms with van der Waals surface area (Å²) in [5, 5.41) is 6.39. The van der Waals surface area contributed by atoms with Crippen LogP contribution in [0.15, 0.2) is 12.4 Å². The summed E-state index contributed by atoms with van der Waals surface area (Å²) in [6, 6.07) is 0.234. The second kappa shape index (κ2) is 4.26. The van der Waals surface area contributed by atoms with Gasteiger partial charge < -0.3 is 4.90 Å². The number of aromatic amines is 1. The molecule has 0 fully saturated rings. The molecule has 0 saturated heterocycles. The second-order valence-electron chi connectivity index (χ2n) is 3.89. The third-order valence-corrected chi connectivity index (χ3v) is 2.64. The normalized spacial score (nSPS) is 12.9. The van der Waals surface area contributed by atoms with E-state index in [9.17, 15) is 4.79 Å². The Morgan fingerprint density at radius 2 is 2.14 bits per heavy atom. The molecule has 1 aromatic rings. The number of hydrogen-bond donors (Lipinski definition) is 1. The number of rotatable bonds is 3. The van der Waals surface area contributed by atoms with Crippen LogP contribution in [-0.2, 0) is 0 Å². The highest BCUT2D eigenvalue weighted by Crippen LogP contribution is 2.11. The highest BCUT2D eigenvalue weighted by atomic mass is 16.2. The molecule has 0 bridgehead atoms. The molecule has 78 valence electrons. The lowest BCUT2D eigenvalue weighted by Gasteiger charge is -2.27. The maximum atomic E-state index is 11.8. The van der Waals surface area contributed by atoms with E-state index in [1.807, 2.05) is 14.0 Å². The van der Waals surface area contributed by atoms with Crippen molar-refractivity contribution in [3.8, 4) is 0 Å². The lowest BCUT2D eigenvalue weighted by Crippen LogP contribution is -2.38. The monoisotopic (exact) mass is 195 g/mol. The summed E-state index contributed by atoms with van der Waals surface area (Å²) in [4.78, 5) is 13.6. The first-order valence-corrected chi connectivity index (χ1v) is 4.80. The lowest BCUT2D eigenvalue weighted by molar-refractivity contribution is 0.0707. The van der Waals surface area contributed by atoms with Gasteiger partial charge in [-0.15, -0.1) is 0 Å². The van der Waals surface area contributed by atoms with E-state index < -0.39 is 0 Å². The van der Waals surface area contributed by atoms with Gasteiger partial charge in [0.25, 0.3) is 5.91 Å². The van der Waals surface area contributed by atoms with Crippen molar-refractivity contribution in [1.82, 2.24) is 15.1 Å². The van der Waals surface area contributed by atoms with Crippen LogP contribution >= 0.6 is 0 Å². The molecule has 1 amide bonds. The third-order valence-electron chi connectivity index (χ3n) is 2.64. The van der Waals surface area contributed by atoms with Crippen LogP contribution in [0.4, 0.5) is 0 Å². The summed E-state index contributed by atoms with van der Waals surface area (Å²) in [5.74, 6) is 0.468. The molecule has 1 heterocycles. The smallest absolute Gasteiger partial charge is 0.257 e. The van der Waals surface area contributed by atoms with Gasteiger partial charge in [-0.25, -0.2) is 0 Å². The van der Waals surface area contributed by atoms with Gasteiger partial charge in [-0.3, -0.25) is 9.89 Å². The minimum atomic E-state index is 0.0138. The van der Waals surface area contributed by atoms with Crippen molar-refractivity contribution in [3.63, 3.8) is 0 Å². The molecule has 14 heavy (non-hydrogen) atoms. The zero-order valence-electron chi connectivity index (χ0n) is 9.11. The van der Waals surface area contributed by atoms with Gasteiger partial charge in [0.1, 0.15) is 0 Å². The summed E-state index contributed by atoms with van der Waals surface area (Å²) in [7, 11) is 1.82. The van der Waals surface area contributed by atoms with Crippen molar-refractivity contribution >= 4 is 5.91 Å². The summed E-state index contributed by atoms with van der Waals surface area (Å²) in [5.41, 5.74) is 0.611. The first kappa shape index (κ1) is 10.8. The predicted molar refractivity (Wildman–Crippen MR) is 55.0 cm³/mol. The maximum absolute atomic E-state index is 11.8. The van der Waals surface area contributed by atoms with E-state index >= 15 is 0 Å². The van der Waals surface area contributed by atoms with Crippen molar-refractivity contribution in [2.75, 3.05) is 7.05 Å². The van der Waals surface area contributed by atoms with Crippen LogP contribution in [0.2, 0.25) is 0 Å². The van der Waals surface area contributed by atoms with Gasteiger partial charge in [-0.1, -0.05) is 13.8 Å². The molecular weight excluding hydrogens is 178 g/mol. The fourth-order valence-corrected chi connectivity index (χ4v) is 1.20. The SMILES string of the molecule is CC(C)C(C)N(C)C(=O)c1cn[nH]c1. The number of aromatic nitrogens is 2. The Morgan fingerprint density at radius 3 is 2.57 bits per heavy atom. The largest absolute Gasteiger partial charge is 0.339 e. The van der Waals surface area contributed by atoms with Crippen molar-refractivity contribution in [2.24, 2.45) is 5.92 Å². The van der Waals surface area contributed by atoms with Crippen LogP contribution in [0.1, 0.15) is 31.1 Å². The topological polar surface area (TPSA) is 49.0 Å². The molecule has 0 aliphatic carbocycles. The number of carbonyl (C=O) groups excluding carboxylic acids is 1. The van der Waals surface area contributed by atoms with E-state index in [0.29, 0.717) is 11.5 Å². The molecular formula is C10H17N3O. The highest BCUT2D eigenvalue weighted by Gasteiger charge is 2.20. The molecule has 4 nitrogen and oxygen atoms in total. The number of hydrogen-bond acceptors (Lipinski definition) is 2. The molecule has 1 aromatic heterocycles. The molecule has 1 N–H and O–H groups in total. The Balaban J connectivity index is 2.71. The summed E-state index contributed by atoms with van der Waals surface area (Å²) < 4.78 is 0. The van der Waals surface area contributed by atoms with Crippen molar-refractivity contribution in [1.29, 1.82) is 0 Å². The fraction of sp³-hybridized carbons (Fsp3) is 0.600. The van der Waals surface area contributed by atoms with Crippen molar-refractivity contribution in [2.45, 2.75) is 26.8 Å². The predicted octanol–water partition coefficient (Wildman–Crippen LogP) is 1.53. The quantitative estimate of drug-likeness (QED) is 0.795. The summed E-state index contributed by atoms with van der Waals surface area (Å²) in [6.45, 7) is 6.25. The number of H-pyrrole nitrogens is 1. The van der Waals surface area contributed by atoms with Crippen molar-refractivity contribution < 1.29 is 4.79 Å². The number of carbonyl (C=O) groups is 1. The highest BCUT2D eigenvalue weighted by molar-refractivity contribution is 5.93. The number of amides is 1. The van der Waals surface area contributed by atoms with Gasteiger partial charge in [-0.2, -0.15) is 5.10 Å². The molecule has 0 aromatic carbocycles. The zero-order valence-corrected chi connectivity index (χ0v) is 9.11. The summed E-state index contributed by atoms with van der Waals surface area (Å²) >= 11 is 0. The van der Waals surface area contributed by atoms with Crippen molar-refractivity contribution in [3.05, 3.63) is 18.0 Å². The fourth-order valence-electron chi connectivity index (χ4n) is 1.20. The maximum Gasteiger partial charge on any atom is 0.257 e. The van der Waals surface area contributed by atoms with Crippen LogP contribution in [0, 0.1) is 5.92 Å². The minimum Gasteiger partial charge on any atom is -0.339 e. The molecule has 0 aliphatic heterocycles. The van der Waals surface area contributed by atoms with E-state index in [0.717, 1.165) is 0 Å². The van der Waals surface area contributed by atoms with E-state index in [-0.39, 0.29) is 11.9 Å². The number of nitrogens with one attached hydrogen (secondary N) is 1. The van der Waals surface area contributed by atoms with E-state index in [2.05, 4.69) is 24.0 Å². The molecule has 0 saturated carbocycles. The molecule has 1 atom stereocenters. The van der Waals surface area contributed by atoms with Gasteiger partial charge in [0.2, 0.25) is 0 Å². The zero-order chi connectivity index (χ0) is 10.7. The Hall–Kier alpha value is -1.32. The van der Waals surface area contributed by atoms with E-state index in [1.165, 1.54) is 0 Å². The van der Waals surface area contributed by atoms with Gasteiger partial charge in [-0.05, 0) is 12.8 Å². The Bertz CT molecular complexity index is 292. The van der Waals surface area contributed by atoms with Gasteiger partial charge in [0.15, 0.2) is 0 Å². The standard InChI is InChI=1S/C10H17N3O/c1-7(2)8(3)13(4)10(14)9-5-11-12-6-9/h5-8H,1-4H3,(H,11,12). The van der Waals surface area contributed by atoms with Crippen LogP contribution in [-0.4, -0.2) is 34.1 Å². The Morgan fingerprint density at radius 1 is 1.50 bits per heavy atom. The van der Waals surface area contributed by atoms with Gasteiger partial charge >= 0.3 is 0 Å². The Kier molecular flexibility index (Phi) is 3.28. The van der Waals surface area contributed by atoms with E-state index in [4.69, 9.17) is 0 Å². The van der Waals surface area contributed by atoms with Gasteiger partial charge in [0.05, 0.1) is 11.8 Å². The lowest BCUT2D eigenvalue weighted by atomic mass is 10.0.